The van der Waals surface area contributed by atoms with Gasteiger partial charge in [-0.2, -0.15) is 0 Å². The van der Waals surface area contributed by atoms with E-state index in [9.17, 15) is 0 Å². The van der Waals surface area contributed by atoms with E-state index in [1.54, 1.807) is 0 Å². The third-order valence-corrected chi connectivity index (χ3v) is 15.3. The second-order valence-electron chi connectivity index (χ2n) is 19.6. The predicted octanol–water partition coefficient (Wildman–Crippen LogP) is 19.5. The molecule has 13 aromatic rings. The molecule has 1 heterocycles. The van der Waals surface area contributed by atoms with Crippen molar-refractivity contribution in [3.05, 3.63) is 260 Å². The first-order valence-corrected chi connectivity index (χ1v) is 24.6. The summed E-state index contributed by atoms with van der Waals surface area (Å²) in [5, 5.41) is 10.0. The van der Waals surface area contributed by atoms with Crippen LogP contribution >= 0.6 is 0 Å². The zero-order chi connectivity index (χ0) is 47.2. The normalized spacial score (nSPS) is 12.8. The van der Waals surface area contributed by atoms with Crippen molar-refractivity contribution in [2.45, 2.75) is 19.3 Å². The molecule has 1 aliphatic carbocycles. The fraction of sp³-hybridized carbons (Fsp3) is 0.0435. The number of fused-ring (bicyclic) bond motifs is 12. The molecular weight excluding hydrogens is 859 g/mol. The molecule has 71 heavy (non-hydrogen) atoms. The van der Waals surface area contributed by atoms with Crippen molar-refractivity contribution in [1.82, 2.24) is 0 Å². The smallest absolute Gasteiger partial charge is 0.143 e. The number of nitrogens with zero attached hydrogens (tertiary/aromatic N) is 1. The molecule has 334 valence electrons. The van der Waals surface area contributed by atoms with E-state index in [0.717, 1.165) is 50.1 Å². The predicted molar refractivity (Wildman–Crippen MR) is 300 cm³/mol. The minimum atomic E-state index is -0.0731. The Morgan fingerprint density at radius 2 is 0.746 bits per heavy atom. The molecule has 0 radical (unpaired) electrons. The minimum Gasteiger partial charge on any atom is -0.455 e. The highest BCUT2D eigenvalue weighted by atomic mass is 16.3. The van der Waals surface area contributed by atoms with Crippen molar-refractivity contribution in [2.75, 3.05) is 4.90 Å². The summed E-state index contributed by atoms with van der Waals surface area (Å²) in [6, 6.07) is 91.0. The van der Waals surface area contributed by atoms with Gasteiger partial charge in [-0.15, -0.1) is 0 Å². The maximum atomic E-state index is 6.47. The van der Waals surface area contributed by atoms with Gasteiger partial charge in [-0.25, -0.2) is 0 Å². The van der Waals surface area contributed by atoms with Crippen LogP contribution in [-0.4, -0.2) is 0 Å². The fourth-order valence-corrected chi connectivity index (χ4v) is 11.7. The lowest BCUT2D eigenvalue weighted by atomic mass is 9.81. The highest BCUT2D eigenvalue weighted by Gasteiger charge is 2.35. The van der Waals surface area contributed by atoms with Crippen LogP contribution in [-0.2, 0) is 5.41 Å². The molecule has 1 aliphatic rings. The van der Waals surface area contributed by atoms with Crippen molar-refractivity contribution in [1.29, 1.82) is 0 Å². The Labute approximate surface area is 413 Å². The van der Waals surface area contributed by atoms with Crippen molar-refractivity contribution in [3.63, 3.8) is 0 Å². The maximum absolute atomic E-state index is 6.47. The number of rotatable bonds is 7. The summed E-state index contributed by atoms with van der Waals surface area (Å²) in [5.74, 6) is 0. The van der Waals surface area contributed by atoms with Crippen LogP contribution in [0.5, 0.6) is 0 Å². The number of hydrogen-bond acceptors (Lipinski definition) is 2. The van der Waals surface area contributed by atoms with Crippen LogP contribution in [0.2, 0.25) is 0 Å². The van der Waals surface area contributed by atoms with Crippen molar-refractivity contribution < 1.29 is 4.42 Å². The van der Waals surface area contributed by atoms with Crippen molar-refractivity contribution in [2.24, 2.45) is 0 Å². The molecule has 0 unspecified atom stereocenters. The van der Waals surface area contributed by atoms with E-state index < -0.39 is 0 Å². The number of anilines is 3. The summed E-state index contributed by atoms with van der Waals surface area (Å²) in [6.45, 7) is 4.74. The molecule has 0 bridgehead atoms. The van der Waals surface area contributed by atoms with Gasteiger partial charge in [0.25, 0.3) is 0 Å². The summed E-state index contributed by atoms with van der Waals surface area (Å²) in [7, 11) is 0. The Balaban J connectivity index is 0.855. The van der Waals surface area contributed by atoms with Gasteiger partial charge in [-0.1, -0.05) is 196 Å². The number of benzene rings is 12. The molecule has 0 spiro atoms. The lowest BCUT2D eigenvalue weighted by Gasteiger charge is -2.26. The van der Waals surface area contributed by atoms with Crippen molar-refractivity contribution in [3.8, 4) is 55.6 Å². The molecular formula is C69H47NO. The van der Waals surface area contributed by atoms with E-state index >= 15 is 0 Å². The first-order chi connectivity index (χ1) is 34.9. The number of furan rings is 1. The van der Waals surface area contributed by atoms with E-state index in [1.807, 2.05) is 12.1 Å². The summed E-state index contributed by atoms with van der Waals surface area (Å²) in [5.41, 5.74) is 19.8. The maximum Gasteiger partial charge on any atom is 0.143 e. The van der Waals surface area contributed by atoms with E-state index in [-0.39, 0.29) is 5.41 Å². The number of para-hydroxylation sites is 2. The van der Waals surface area contributed by atoms with E-state index in [4.69, 9.17) is 4.42 Å². The van der Waals surface area contributed by atoms with Gasteiger partial charge in [0, 0.05) is 38.8 Å². The standard InChI is InChI=1S/C69H47NO/c1-69(2)65-24-10-8-20-58(65)64-42-62-56-19-7-6-18-55(56)61-41-50(32-39-57(61)63(62)43-66(64)69)46-28-35-52(36-29-46)70(51-33-26-45(27-34-51)49-17-12-16-48(40-49)44-14-4-3-5-15-44)53-37-30-47(31-38-53)54-22-13-23-60-59-21-9-11-25-67(59)71-68(54)60/h3-43H,1-2H3. The third kappa shape index (κ3) is 6.63. The SMILES string of the molecule is CC1(C)c2ccccc2-c2cc3c4ccccc4c4cc(-c5ccc(N(c6ccc(-c7cccc(-c8ccccc8)c7)cc6)c6ccc(-c7cccc8c7oc7ccccc78)cc6)cc5)ccc4c3cc21. The molecule has 2 heteroatoms. The summed E-state index contributed by atoms with van der Waals surface area (Å²) >= 11 is 0. The van der Waals surface area contributed by atoms with Crippen LogP contribution in [0.25, 0.3) is 110 Å². The quantitative estimate of drug-likeness (QED) is 0.148. The van der Waals surface area contributed by atoms with Crippen molar-refractivity contribution >= 4 is 71.3 Å². The summed E-state index contributed by atoms with van der Waals surface area (Å²) in [4.78, 5) is 2.36. The average molecular weight is 906 g/mol. The highest BCUT2D eigenvalue weighted by Crippen LogP contribution is 2.52. The molecule has 0 saturated heterocycles. The van der Waals surface area contributed by atoms with Crippen LogP contribution in [0.15, 0.2) is 253 Å². The van der Waals surface area contributed by atoms with Crippen LogP contribution in [0.4, 0.5) is 17.1 Å². The topological polar surface area (TPSA) is 16.4 Å². The highest BCUT2D eigenvalue weighted by molar-refractivity contribution is 6.26. The summed E-state index contributed by atoms with van der Waals surface area (Å²) in [6.07, 6.45) is 0. The Bertz CT molecular complexity index is 4220. The molecule has 0 amide bonds. The van der Waals surface area contributed by atoms with E-state index in [0.29, 0.717) is 0 Å². The van der Waals surface area contributed by atoms with Gasteiger partial charge in [0.15, 0.2) is 0 Å². The average Bonchev–Trinajstić information content (AvgIpc) is 3.93. The molecule has 1 aromatic heterocycles. The second kappa shape index (κ2) is 16.1. The molecule has 0 aliphatic heterocycles. The molecule has 14 rings (SSSR count). The first-order valence-electron chi connectivity index (χ1n) is 24.6. The molecule has 2 nitrogen and oxygen atoms in total. The molecule has 12 aromatic carbocycles. The van der Waals surface area contributed by atoms with Crippen LogP contribution < -0.4 is 4.90 Å². The van der Waals surface area contributed by atoms with Gasteiger partial charge in [0.2, 0.25) is 0 Å². The van der Waals surface area contributed by atoms with Crippen LogP contribution in [0.3, 0.4) is 0 Å². The minimum absolute atomic E-state index is 0.0731. The van der Waals surface area contributed by atoms with Gasteiger partial charge in [0.1, 0.15) is 11.2 Å². The fourth-order valence-electron chi connectivity index (χ4n) is 11.7. The Morgan fingerprint density at radius 1 is 0.282 bits per heavy atom. The number of hydrogen-bond donors (Lipinski definition) is 0. The molecule has 0 atom stereocenters. The van der Waals surface area contributed by atoms with E-state index in [2.05, 4.69) is 255 Å². The largest absolute Gasteiger partial charge is 0.455 e. The van der Waals surface area contributed by atoms with Gasteiger partial charge in [-0.3, -0.25) is 0 Å². The Morgan fingerprint density at radius 3 is 1.44 bits per heavy atom. The zero-order valence-corrected chi connectivity index (χ0v) is 39.5. The Hall–Kier alpha value is -8.98. The first kappa shape index (κ1) is 41.0. The second-order valence-corrected chi connectivity index (χ2v) is 19.6. The van der Waals surface area contributed by atoms with Gasteiger partial charge < -0.3 is 9.32 Å². The molecule has 0 N–H and O–H groups in total. The molecule has 0 saturated carbocycles. The van der Waals surface area contributed by atoms with Crippen LogP contribution in [0.1, 0.15) is 25.0 Å². The third-order valence-electron chi connectivity index (χ3n) is 15.3. The van der Waals surface area contributed by atoms with E-state index in [1.165, 1.54) is 88.0 Å². The van der Waals surface area contributed by atoms with Gasteiger partial charge in [-0.05, 0) is 160 Å². The lowest BCUT2D eigenvalue weighted by Crippen LogP contribution is -2.14. The van der Waals surface area contributed by atoms with Crippen LogP contribution in [0, 0.1) is 0 Å². The monoisotopic (exact) mass is 905 g/mol. The Kier molecular flexibility index (Phi) is 9.28. The summed E-state index contributed by atoms with van der Waals surface area (Å²) < 4.78 is 6.47. The zero-order valence-electron chi connectivity index (χ0n) is 39.5. The van der Waals surface area contributed by atoms with Gasteiger partial charge >= 0.3 is 0 Å². The van der Waals surface area contributed by atoms with Gasteiger partial charge in [0.05, 0.1) is 0 Å². The lowest BCUT2D eigenvalue weighted by molar-refractivity contribution is 0.661. The molecule has 0 fully saturated rings.